The molecule has 1 heterocycles. The molecular formula is C18H25N3O2S. The van der Waals surface area contributed by atoms with Crippen LogP contribution in [0.25, 0.3) is 0 Å². The van der Waals surface area contributed by atoms with E-state index in [9.17, 15) is 4.79 Å². The van der Waals surface area contributed by atoms with Crippen LogP contribution in [0.15, 0.2) is 35.8 Å². The summed E-state index contributed by atoms with van der Waals surface area (Å²) in [4.78, 5) is 16.2. The maximum atomic E-state index is 12.0. The predicted molar refractivity (Wildman–Crippen MR) is 96.9 cm³/mol. The molecule has 0 aliphatic heterocycles. The molecule has 2 N–H and O–H groups in total. The van der Waals surface area contributed by atoms with Crippen LogP contribution >= 0.6 is 11.3 Å². The normalized spacial score (nSPS) is 12.7. The number of urea groups is 1. The third-order valence-corrected chi connectivity index (χ3v) is 4.24. The van der Waals surface area contributed by atoms with E-state index in [4.69, 9.17) is 4.74 Å². The molecule has 1 atom stereocenters. The monoisotopic (exact) mass is 347 g/mol. The van der Waals surface area contributed by atoms with E-state index in [1.54, 1.807) is 6.20 Å². The molecule has 24 heavy (non-hydrogen) atoms. The standard InChI is InChI=1S/C18H25N3O2S/c1-13(16-19-8-9-24-16)21-17(22)20-11-14-6-5-7-15(10-14)12-23-18(2,3)4/h5-10,13H,11-12H2,1-4H3,(H2,20,21,22)/t13-/m0/s1. The molecule has 1 aromatic carbocycles. The van der Waals surface area contributed by atoms with Crippen LogP contribution in [-0.4, -0.2) is 16.6 Å². The lowest BCUT2D eigenvalue weighted by molar-refractivity contribution is -0.0149. The summed E-state index contributed by atoms with van der Waals surface area (Å²) in [5.41, 5.74) is 1.97. The molecule has 2 rings (SSSR count). The first-order valence-electron chi connectivity index (χ1n) is 7.99. The second-order valence-electron chi connectivity index (χ2n) is 6.64. The van der Waals surface area contributed by atoms with Crippen molar-refractivity contribution in [2.45, 2.75) is 52.5 Å². The Labute approximate surface area is 147 Å². The van der Waals surface area contributed by atoms with E-state index in [2.05, 4.69) is 21.7 Å². The van der Waals surface area contributed by atoms with Crippen molar-refractivity contribution in [3.63, 3.8) is 0 Å². The van der Waals surface area contributed by atoms with E-state index < -0.39 is 0 Å². The summed E-state index contributed by atoms with van der Waals surface area (Å²) in [7, 11) is 0. The predicted octanol–water partition coefficient (Wildman–Crippen LogP) is 4.02. The molecule has 0 saturated heterocycles. The van der Waals surface area contributed by atoms with Gasteiger partial charge in [0.2, 0.25) is 0 Å². The lowest BCUT2D eigenvalue weighted by atomic mass is 10.1. The van der Waals surface area contributed by atoms with Gasteiger partial charge >= 0.3 is 6.03 Å². The maximum absolute atomic E-state index is 12.0. The van der Waals surface area contributed by atoms with Crippen molar-refractivity contribution in [3.05, 3.63) is 52.0 Å². The number of hydrogen-bond acceptors (Lipinski definition) is 4. The van der Waals surface area contributed by atoms with Gasteiger partial charge in [0.05, 0.1) is 18.2 Å². The van der Waals surface area contributed by atoms with Crippen LogP contribution in [-0.2, 0) is 17.9 Å². The summed E-state index contributed by atoms with van der Waals surface area (Å²) < 4.78 is 5.78. The Kier molecular flexibility index (Phi) is 6.34. The number of benzene rings is 1. The minimum Gasteiger partial charge on any atom is -0.371 e. The number of nitrogens with one attached hydrogen (secondary N) is 2. The highest BCUT2D eigenvalue weighted by molar-refractivity contribution is 7.09. The topological polar surface area (TPSA) is 63.2 Å². The Morgan fingerprint density at radius 2 is 2.08 bits per heavy atom. The lowest BCUT2D eigenvalue weighted by Gasteiger charge is -2.19. The number of thiazole rings is 1. The number of aromatic nitrogens is 1. The Balaban J connectivity index is 1.82. The second-order valence-corrected chi connectivity index (χ2v) is 7.57. The third kappa shape index (κ3) is 6.29. The molecule has 0 aliphatic rings. The number of ether oxygens (including phenoxy) is 1. The fourth-order valence-electron chi connectivity index (χ4n) is 2.07. The summed E-state index contributed by atoms with van der Waals surface area (Å²) in [6.45, 7) is 9.05. The number of nitrogens with zero attached hydrogens (tertiary/aromatic N) is 1. The van der Waals surface area contributed by atoms with Crippen LogP contribution in [0.5, 0.6) is 0 Å². The zero-order chi connectivity index (χ0) is 17.6. The zero-order valence-electron chi connectivity index (χ0n) is 14.6. The van der Waals surface area contributed by atoms with Crippen LogP contribution in [0.1, 0.15) is 49.9 Å². The molecule has 0 fully saturated rings. The van der Waals surface area contributed by atoms with E-state index in [1.807, 2.05) is 51.3 Å². The molecule has 0 spiro atoms. The molecule has 0 aliphatic carbocycles. The van der Waals surface area contributed by atoms with Crippen LogP contribution in [0.4, 0.5) is 4.79 Å². The van der Waals surface area contributed by atoms with Crippen molar-refractivity contribution in [3.8, 4) is 0 Å². The number of hydrogen-bond donors (Lipinski definition) is 2. The average Bonchev–Trinajstić information content (AvgIpc) is 3.05. The van der Waals surface area contributed by atoms with E-state index in [1.165, 1.54) is 11.3 Å². The largest absolute Gasteiger partial charge is 0.371 e. The quantitative estimate of drug-likeness (QED) is 0.829. The molecule has 0 saturated carbocycles. The number of rotatable bonds is 6. The molecule has 2 aromatic rings. The molecule has 1 aromatic heterocycles. The van der Waals surface area contributed by atoms with Gasteiger partial charge < -0.3 is 15.4 Å². The molecule has 0 unspecified atom stereocenters. The van der Waals surface area contributed by atoms with Crippen molar-refractivity contribution in [1.82, 2.24) is 15.6 Å². The first kappa shape index (κ1) is 18.4. The highest BCUT2D eigenvalue weighted by atomic mass is 32.1. The maximum Gasteiger partial charge on any atom is 0.315 e. The van der Waals surface area contributed by atoms with Crippen molar-refractivity contribution < 1.29 is 9.53 Å². The van der Waals surface area contributed by atoms with Crippen molar-refractivity contribution in [1.29, 1.82) is 0 Å². The van der Waals surface area contributed by atoms with Gasteiger partial charge in [-0.05, 0) is 38.8 Å². The molecule has 2 amide bonds. The van der Waals surface area contributed by atoms with E-state index in [0.29, 0.717) is 13.2 Å². The SMILES string of the molecule is C[C@H](NC(=O)NCc1cccc(COC(C)(C)C)c1)c1nccs1. The summed E-state index contributed by atoms with van der Waals surface area (Å²) in [5.74, 6) is 0. The van der Waals surface area contributed by atoms with Crippen LogP contribution in [0.3, 0.4) is 0 Å². The zero-order valence-corrected chi connectivity index (χ0v) is 15.4. The number of amides is 2. The second kappa shape index (κ2) is 8.26. The minimum absolute atomic E-state index is 0.100. The van der Waals surface area contributed by atoms with Gasteiger partial charge in [0.15, 0.2) is 0 Å². The summed E-state index contributed by atoms with van der Waals surface area (Å²) in [6, 6.07) is 7.75. The van der Waals surface area contributed by atoms with E-state index >= 15 is 0 Å². The Bertz CT molecular complexity index is 651. The number of carbonyl (C=O) groups excluding carboxylic acids is 1. The lowest BCUT2D eigenvalue weighted by Crippen LogP contribution is -2.36. The molecule has 5 nitrogen and oxygen atoms in total. The summed E-state index contributed by atoms with van der Waals surface area (Å²) >= 11 is 1.53. The fourth-order valence-corrected chi connectivity index (χ4v) is 2.72. The summed E-state index contributed by atoms with van der Waals surface area (Å²) in [6.07, 6.45) is 1.74. The number of carbonyl (C=O) groups is 1. The van der Waals surface area contributed by atoms with Gasteiger partial charge in [-0.1, -0.05) is 24.3 Å². The van der Waals surface area contributed by atoms with Gasteiger partial charge in [0, 0.05) is 18.1 Å². The highest BCUT2D eigenvalue weighted by Crippen LogP contribution is 2.15. The van der Waals surface area contributed by atoms with Gasteiger partial charge in [-0.15, -0.1) is 11.3 Å². The average molecular weight is 347 g/mol. The van der Waals surface area contributed by atoms with Crippen LogP contribution < -0.4 is 10.6 Å². The van der Waals surface area contributed by atoms with Crippen molar-refractivity contribution in [2.24, 2.45) is 0 Å². The molecule has 6 heteroatoms. The van der Waals surface area contributed by atoms with Crippen LogP contribution in [0.2, 0.25) is 0 Å². The van der Waals surface area contributed by atoms with Crippen molar-refractivity contribution in [2.75, 3.05) is 0 Å². The van der Waals surface area contributed by atoms with Gasteiger partial charge in [0.25, 0.3) is 0 Å². The van der Waals surface area contributed by atoms with Crippen molar-refractivity contribution >= 4 is 17.4 Å². The molecule has 0 radical (unpaired) electrons. The Morgan fingerprint density at radius 3 is 2.75 bits per heavy atom. The van der Waals surface area contributed by atoms with Gasteiger partial charge in [-0.2, -0.15) is 0 Å². The van der Waals surface area contributed by atoms with E-state index in [0.717, 1.165) is 16.1 Å². The fraction of sp³-hybridized carbons (Fsp3) is 0.444. The minimum atomic E-state index is -0.200. The first-order chi connectivity index (χ1) is 11.3. The molecular weight excluding hydrogens is 322 g/mol. The van der Waals surface area contributed by atoms with E-state index in [-0.39, 0.29) is 17.7 Å². The third-order valence-electron chi connectivity index (χ3n) is 3.29. The Morgan fingerprint density at radius 1 is 1.33 bits per heavy atom. The van der Waals surface area contributed by atoms with Crippen LogP contribution in [0, 0.1) is 0 Å². The Hall–Kier alpha value is -1.92. The van der Waals surface area contributed by atoms with Gasteiger partial charge in [0.1, 0.15) is 5.01 Å². The molecule has 130 valence electrons. The molecule has 0 bridgehead atoms. The summed E-state index contributed by atoms with van der Waals surface area (Å²) in [5, 5.41) is 8.56. The van der Waals surface area contributed by atoms with Gasteiger partial charge in [-0.25, -0.2) is 9.78 Å². The highest BCUT2D eigenvalue weighted by Gasteiger charge is 2.12. The van der Waals surface area contributed by atoms with Gasteiger partial charge in [-0.3, -0.25) is 0 Å². The smallest absolute Gasteiger partial charge is 0.315 e. The first-order valence-corrected chi connectivity index (χ1v) is 8.87.